The van der Waals surface area contributed by atoms with Crippen LogP contribution in [0.4, 0.5) is 10.5 Å². The molecule has 4 rings (SSSR count). The lowest BCUT2D eigenvalue weighted by atomic mass is 10.0. The quantitative estimate of drug-likeness (QED) is 0.427. The van der Waals surface area contributed by atoms with Crippen molar-refractivity contribution >= 4 is 27.6 Å². The van der Waals surface area contributed by atoms with Gasteiger partial charge in [-0.3, -0.25) is 4.79 Å². The summed E-state index contributed by atoms with van der Waals surface area (Å²) in [4.78, 5) is 28.5. The van der Waals surface area contributed by atoms with E-state index in [9.17, 15) is 23.1 Å². The van der Waals surface area contributed by atoms with Gasteiger partial charge < -0.3 is 25.0 Å². The number of urea groups is 1. The van der Waals surface area contributed by atoms with Gasteiger partial charge in [0.05, 0.1) is 13.2 Å². The number of rotatable bonds is 7. The van der Waals surface area contributed by atoms with Gasteiger partial charge in [-0.1, -0.05) is 43.3 Å². The number of hydrogen-bond acceptors (Lipinski definition) is 6. The molecule has 3 aromatic rings. The van der Waals surface area contributed by atoms with Crippen LogP contribution in [0, 0.1) is 5.92 Å². The molecule has 0 saturated carbocycles. The predicted molar refractivity (Wildman–Crippen MR) is 162 cm³/mol. The topological polar surface area (TPSA) is 119 Å². The number of nitrogens with zero attached hydrogens (tertiary/aromatic N) is 3. The Bertz CT molecular complexity index is 1530. The minimum absolute atomic E-state index is 0.0274. The first-order chi connectivity index (χ1) is 19.9. The second-order valence-electron chi connectivity index (χ2n) is 10.9. The van der Waals surface area contributed by atoms with Crippen molar-refractivity contribution in [2.45, 2.75) is 30.9 Å². The zero-order valence-electron chi connectivity index (χ0n) is 24.5. The zero-order valence-corrected chi connectivity index (χ0v) is 25.3. The summed E-state index contributed by atoms with van der Waals surface area (Å²) in [6.07, 6.45) is -0.573. The van der Waals surface area contributed by atoms with E-state index in [0.29, 0.717) is 16.8 Å². The molecule has 3 amide bonds. The minimum Gasteiger partial charge on any atom is -0.487 e. The van der Waals surface area contributed by atoms with Crippen LogP contribution in [-0.2, 0) is 10.0 Å². The molecule has 0 unspecified atom stereocenters. The van der Waals surface area contributed by atoms with Crippen LogP contribution in [0.2, 0.25) is 0 Å². The zero-order chi connectivity index (χ0) is 30.6. The molecular formula is C31H38N4O6S. The number of aliphatic hydroxyl groups excluding tert-OH is 1. The highest BCUT2D eigenvalue weighted by molar-refractivity contribution is 7.89. The van der Waals surface area contributed by atoms with Crippen molar-refractivity contribution in [3.8, 4) is 16.9 Å². The van der Waals surface area contributed by atoms with Gasteiger partial charge in [0, 0.05) is 50.9 Å². The lowest BCUT2D eigenvalue weighted by Gasteiger charge is -2.37. The van der Waals surface area contributed by atoms with Gasteiger partial charge in [0.15, 0.2) is 0 Å². The highest BCUT2D eigenvalue weighted by Crippen LogP contribution is 2.37. The molecule has 0 spiro atoms. The van der Waals surface area contributed by atoms with E-state index in [1.54, 1.807) is 70.5 Å². The van der Waals surface area contributed by atoms with Gasteiger partial charge >= 0.3 is 6.03 Å². The molecule has 3 aromatic carbocycles. The Hall–Kier alpha value is -3.93. The van der Waals surface area contributed by atoms with E-state index in [4.69, 9.17) is 4.74 Å². The molecule has 0 bridgehead atoms. The molecule has 0 fully saturated rings. The summed E-state index contributed by atoms with van der Waals surface area (Å²) in [6.45, 7) is 3.45. The highest BCUT2D eigenvalue weighted by atomic mass is 32.2. The first kappa shape index (κ1) is 31.0. The molecule has 10 nitrogen and oxygen atoms in total. The van der Waals surface area contributed by atoms with E-state index < -0.39 is 22.2 Å². The van der Waals surface area contributed by atoms with E-state index in [-0.39, 0.29) is 48.2 Å². The average molecular weight is 595 g/mol. The number of likely N-dealkylation sites (N-methyl/N-ethyl adjacent to an activating group) is 1. The fraction of sp³-hybridized carbons (Fsp3) is 0.355. The van der Waals surface area contributed by atoms with E-state index in [2.05, 4.69) is 5.32 Å². The van der Waals surface area contributed by atoms with Gasteiger partial charge in [-0.2, -0.15) is 4.31 Å². The van der Waals surface area contributed by atoms with E-state index in [1.807, 2.05) is 31.2 Å². The second-order valence-corrected chi connectivity index (χ2v) is 12.7. The van der Waals surface area contributed by atoms with Crippen LogP contribution in [0.5, 0.6) is 5.75 Å². The van der Waals surface area contributed by atoms with Crippen LogP contribution in [-0.4, -0.2) is 92.6 Å². The normalized spacial score (nSPS) is 18.9. The maximum absolute atomic E-state index is 13.8. The number of aliphatic hydroxyl groups is 1. The van der Waals surface area contributed by atoms with Crippen LogP contribution < -0.4 is 10.1 Å². The van der Waals surface area contributed by atoms with Crippen LogP contribution in [0.1, 0.15) is 24.2 Å². The van der Waals surface area contributed by atoms with Crippen LogP contribution in [0.25, 0.3) is 11.1 Å². The Labute approximate surface area is 247 Å². The molecule has 0 saturated heterocycles. The van der Waals surface area contributed by atoms with Gasteiger partial charge in [0.25, 0.3) is 5.91 Å². The fourth-order valence-electron chi connectivity index (χ4n) is 4.81. The first-order valence-electron chi connectivity index (χ1n) is 13.7. The number of carbonyl (C=O) groups is 2. The molecule has 3 atom stereocenters. The summed E-state index contributed by atoms with van der Waals surface area (Å²) >= 11 is 0. The van der Waals surface area contributed by atoms with Gasteiger partial charge in [-0.25, -0.2) is 13.2 Å². The Morgan fingerprint density at radius 2 is 1.71 bits per heavy atom. The Kier molecular flexibility index (Phi) is 9.55. The van der Waals surface area contributed by atoms with Crippen molar-refractivity contribution in [2.75, 3.05) is 46.2 Å². The van der Waals surface area contributed by atoms with E-state index in [0.717, 1.165) is 5.56 Å². The third-order valence-corrected chi connectivity index (χ3v) is 9.36. The number of hydrogen-bond donors (Lipinski definition) is 2. The molecule has 0 aromatic heterocycles. The van der Waals surface area contributed by atoms with Gasteiger partial charge in [0.1, 0.15) is 16.7 Å². The van der Waals surface area contributed by atoms with Gasteiger partial charge in [-0.15, -0.1) is 0 Å². The van der Waals surface area contributed by atoms with Gasteiger partial charge in [0.2, 0.25) is 10.0 Å². The monoisotopic (exact) mass is 594 g/mol. The number of anilines is 1. The van der Waals surface area contributed by atoms with Crippen molar-refractivity contribution in [2.24, 2.45) is 5.92 Å². The largest absolute Gasteiger partial charge is 0.487 e. The maximum atomic E-state index is 13.8. The maximum Gasteiger partial charge on any atom is 0.321 e. The standard InChI is InChI=1S/C31H38N4O6S/c1-21-18-35(22(2)20-36)42(39,40)29-15-14-24(23-10-9-11-25(16-23)30(37)33(3)4)17-27(29)41-28(21)19-34(5)31(38)32-26-12-7-6-8-13-26/h6-17,21-22,28,36H,18-20H2,1-5H3,(H,32,38)/t21-,22+,28+/m0/s1. The Morgan fingerprint density at radius 1 is 1.02 bits per heavy atom. The smallest absolute Gasteiger partial charge is 0.321 e. The molecule has 224 valence electrons. The second kappa shape index (κ2) is 12.9. The van der Waals surface area contributed by atoms with Crippen molar-refractivity contribution < 1.29 is 27.9 Å². The molecule has 1 heterocycles. The van der Waals surface area contributed by atoms with Crippen LogP contribution in [0.3, 0.4) is 0 Å². The third-order valence-electron chi connectivity index (χ3n) is 7.34. The summed E-state index contributed by atoms with van der Waals surface area (Å²) in [7, 11) is 0.977. The molecule has 2 N–H and O–H groups in total. The van der Waals surface area contributed by atoms with Crippen molar-refractivity contribution in [1.82, 2.24) is 14.1 Å². The van der Waals surface area contributed by atoms with E-state index >= 15 is 0 Å². The van der Waals surface area contributed by atoms with Crippen LogP contribution >= 0.6 is 0 Å². The lowest BCUT2D eigenvalue weighted by Crippen LogP contribution is -2.50. The lowest BCUT2D eigenvalue weighted by molar-refractivity contribution is 0.0827. The summed E-state index contributed by atoms with van der Waals surface area (Å²) < 4.78 is 35.4. The molecular weight excluding hydrogens is 556 g/mol. The summed E-state index contributed by atoms with van der Waals surface area (Å²) in [5.74, 6) is -0.347. The number of benzene rings is 3. The average Bonchev–Trinajstić information content (AvgIpc) is 2.98. The summed E-state index contributed by atoms with van der Waals surface area (Å²) in [5, 5.41) is 12.8. The molecule has 42 heavy (non-hydrogen) atoms. The summed E-state index contributed by atoms with van der Waals surface area (Å²) in [5.41, 5.74) is 2.54. The molecule has 0 aliphatic carbocycles. The number of amides is 3. The molecule has 11 heteroatoms. The number of nitrogens with one attached hydrogen (secondary N) is 1. The Balaban J connectivity index is 1.72. The number of sulfonamides is 1. The Morgan fingerprint density at radius 3 is 2.38 bits per heavy atom. The van der Waals surface area contributed by atoms with Gasteiger partial charge in [-0.05, 0) is 54.4 Å². The number of fused-ring (bicyclic) bond motifs is 1. The van der Waals surface area contributed by atoms with Crippen molar-refractivity contribution in [3.63, 3.8) is 0 Å². The van der Waals surface area contributed by atoms with Crippen molar-refractivity contribution in [1.29, 1.82) is 0 Å². The number of ether oxygens (including phenoxy) is 1. The first-order valence-corrected chi connectivity index (χ1v) is 15.2. The van der Waals surface area contributed by atoms with Crippen LogP contribution in [0.15, 0.2) is 77.7 Å². The number of para-hydroxylation sites is 1. The highest BCUT2D eigenvalue weighted by Gasteiger charge is 2.38. The van der Waals surface area contributed by atoms with Crippen molar-refractivity contribution in [3.05, 3.63) is 78.4 Å². The molecule has 1 aliphatic rings. The number of carbonyl (C=O) groups excluding carboxylic acids is 2. The summed E-state index contributed by atoms with van der Waals surface area (Å²) in [6, 6.07) is 20.0. The fourth-order valence-corrected chi connectivity index (χ4v) is 6.63. The third kappa shape index (κ3) is 6.75. The van der Waals surface area contributed by atoms with E-state index in [1.165, 1.54) is 20.2 Å². The SMILES string of the molecule is C[C@H](CO)N1C[C@H](C)[C@@H](CN(C)C(=O)Nc2ccccc2)Oc2cc(-c3cccc(C(=O)N(C)C)c3)ccc2S1(=O)=O. The molecule has 1 aliphatic heterocycles. The minimum atomic E-state index is -4.03. The molecule has 0 radical (unpaired) electrons. The predicted octanol–water partition coefficient (Wildman–Crippen LogP) is 3.99.